The van der Waals surface area contributed by atoms with E-state index >= 15 is 0 Å². The van der Waals surface area contributed by atoms with Crippen LogP contribution in [0.1, 0.15) is 35.4 Å². The number of likely N-dealkylation sites (N-methyl/N-ethyl adjacent to an activating group) is 1. The van der Waals surface area contributed by atoms with Crippen LogP contribution in [0.5, 0.6) is 0 Å². The topological polar surface area (TPSA) is 23.6 Å². The maximum absolute atomic E-state index is 12.3. The van der Waals surface area contributed by atoms with Gasteiger partial charge in [-0.05, 0) is 48.4 Å². The van der Waals surface area contributed by atoms with Gasteiger partial charge in [0.15, 0.2) is 0 Å². The van der Waals surface area contributed by atoms with E-state index in [-0.39, 0.29) is 11.8 Å². The standard InChI is InChI=1S/C20H20Cl2N2O/c1-23-11-16(15-9-13(21)10-18(22)17(15)12-23)14-5-2-3-6-19(14)24-8-4-7-20(24)25/h2-3,5-6,9-10,16H,4,7-8,11-12H2,1H3. The molecule has 2 aromatic carbocycles. The van der Waals surface area contributed by atoms with Crippen molar-refractivity contribution in [1.29, 1.82) is 0 Å². The van der Waals surface area contributed by atoms with E-state index in [1.807, 2.05) is 29.2 Å². The zero-order valence-electron chi connectivity index (χ0n) is 14.1. The number of halogens is 2. The Bertz CT molecular complexity index is 836. The van der Waals surface area contributed by atoms with Crippen molar-refractivity contribution >= 4 is 34.8 Å². The van der Waals surface area contributed by atoms with E-state index < -0.39 is 0 Å². The lowest BCUT2D eigenvalue weighted by atomic mass is 9.83. The number of carbonyl (C=O) groups excluding carboxylic acids is 1. The summed E-state index contributed by atoms with van der Waals surface area (Å²) in [7, 11) is 2.10. The molecule has 2 aromatic rings. The van der Waals surface area contributed by atoms with Gasteiger partial charge in [-0.1, -0.05) is 41.4 Å². The predicted molar refractivity (Wildman–Crippen MR) is 103 cm³/mol. The highest BCUT2D eigenvalue weighted by Gasteiger charge is 2.31. The van der Waals surface area contributed by atoms with Gasteiger partial charge in [0.1, 0.15) is 0 Å². The smallest absolute Gasteiger partial charge is 0.227 e. The highest BCUT2D eigenvalue weighted by atomic mass is 35.5. The molecular weight excluding hydrogens is 355 g/mol. The van der Waals surface area contributed by atoms with Crippen molar-refractivity contribution in [3.8, 4) is 0 Å². The van der Waals surface area contributed by atoms with Crippen LogP contribution in [0.15, 0.2) is 36.4 Å². The molecule has 130 valence electrons. The quantitative estimate of drug-likeness (QED) is 0.760. The number of nitrogens with zero attached hydrogens (tertiary/aromatic N) is 2. The molecule has 0 spiro atoms. The van der Waals surface area contributed by atoms with Gasteiger partial charge < -0.3 is 9.80 Å². The van der Waals surface area contributed by atoms with Gasteiger partial charge in [-0.15, -0.1) is 0 Å². The summed E-state index contributed by atoms with van der Waals surface area (Å²) in [5.74, 6) is 0.357. The average molecular weight is 375 g/mol. The largest absolute Gasteiger partial charge is 0.312 e. The minimum Gasteiger partial charge on any atom is -0.312 e. The molecule has 0 aliphatic carbocycles. The molecule has 4 rings (SSSR count). The van der Waals surface area contributed by atoms with E-state index in [1.54, 1.807) is 0 Å². The van der Waals surface area contributed by atoms with Crippen molar-refractivity contribution in [2.45, 2.75) is 25.3 Å². The van der Waals surface area contributed by atoms with Crippen LogP contribution < -0.4 is 4.90 Å². The molecule has 2 heterocycles. The summed E-state index contributed by atoms with van der Waals surface area (Å²) in [6, 6.07) is 12.1. The predicted octanol–water partition coefficient (Wildman–Crippen LogP) is 4.70. The number of carbonyl (C=O) groups is 1. The van der Waals surface area contributed by atoms with Crippen LogP contribution in [0.2, 0.25) is 10.0 Å². The first-order valence-electron chi connectivity index (χ1n) is 8.60. The van der Waals surface area contributed by atoms with Crippen molar-refractivity contribution in [1.82, 2.24) is 4.90 Å². The highest BCUT2D eigenvalue weighted by molar-refractivity contribution is 6.35. The molecule has 0 saturated carbocycles. The van der Waals surface area contributed by atoms with Crippen molar-refractivity contribution in [2.75, 3.05) is 25.0 Å². The third kappa shape index (κ3) is 3.05. The molecule has 2 aliphatic rings. The third-order valence-electron chi connectivity index (χ3n) is 5.17. The molecule has 0 aromatic heterocycles. The van der Waals surface area contributed by atoms with Crippen LogP contribution in [0, 0.1) is 0 Å². The lowest BCUT2D eigenvalue weighted by Crippen LogP contribution is -2.33. The zero-order chi connectivity index (χ0) is 17.6. The highest BCUT2D eigenvalue weighted by Crippen LogP contribution is 2.41. The van der Waals surface area contributed by atoms with E-state index in [2.05, 4.69) is 24.1 Å². The van der Waals surface area contributed by atoms with E-state index in [0.29, 0.717) is 16.5 Å². The molecule has 25 heavy (non-hydrogen) atoms. The van der Waals surface area contributed by atoms with Crippen molar-refractivity contribution in [3.63, 3.8) is 0 Å². The summed E-state index contributed by atoms with van der Waals surface area (Å²) in [6.45, 7) is 2.48. The van der Waals surface area contributed by atoms with Gasteiger partial charge in [0.2, 0.25) is 5.91 Å². The fourth-order valence-electron chi connectivity index (χ4n) is 4.04. The second-order valence-corrected chi connectivity index (χ2v) is 7.76. The Morgan fingerprint density at radius 2 is 1.92 bits per heavy atom. The Labute approximate surface area is 158 Å². The number of fused-ring (bicyclic) bond motifs is 1. The number of anilines is 1. The zero-order valence-corrected chi connectivity index (χ0v) is 15.6. The fraction of sp³-hybridized carbons (Fsp3) is 0.350. The van der Waals surface area contributed by atoms with E-state index in [0.717, 1.165) is 37.3 Å². The first-order valence-corrected chi connectivity index (χ1v) is 9.36. The maximum Gasteiger partial charge on any atom is 0.227 e. The summed E-state index contributed by atoms with van der Waals surface area (Å²) >= 11 is 12.8. The fourth-order valence-corrected chi connectivity index (χ4v) is 4.61. The minimum absolute atomic E-state index is 0.148. The summed E-state index contributed by atoms with van der Waals surface area (Å²) < 4.78 is 0. The van der Waals surface area contributed by atoms with E-state index in [1.165, 1.54) is 11.1 Å². The van der Waals surface area contributed by atoms with Crippen LogP contribution in [-0.2, 0) is 11.3 Å². The molecule has 1 fully saturated rings. The van der Waals surface area contributed by atoms with E-state index in [9.17, 15) is 4.79 Å². The molecule has 0 radical (unpaired) electrons. The second-order valence-electron chi connectivity index (χ2n) is 6.91. The normalized spacial score (nSPS) is 20.8. The summed E-state index contributed by atoms with van der Waals surface area (Å²) in [6.07, 6.45) is 1.55. The minimum atomic E-state index is 0.148. The lowest BCUT2D eigenvalue weighted by Gasteiger charge is -2.35. The van der Waals surface area contributed by atoms with Gasteiger partial charge in [-0.3, -0.25) is 4.79 Å². The monoisotopic (exact) mass is 374 g/mol. The van der Waals surface area contributed by atoms with Crippen LogP contribution in [-0.4, -0.2) is 30.9 Å². The molecule has 0 bridgehead atoms. The Kier molecular flexibility index (Phi) is 4.48. The molecule has 0 N–H and O–H groups in total. The van der Waals surface area contributed by atoms with Crippen molar-refractivity contribution in [2.24, 2.45) is 0 Å². The Balaban J connectivity index is 1.85. The number of hydrogen-bond acceptors (Lipinski definition) is 2. The van der Waals surface area contributed by atoms with Crippen LogP contribution in [0.3, 0.4) is 0 Å². The summed E-state index contributed by atoms with van der Waals surface area (Å²) in [4.78, 5) is 16.5. The molecule has 5 heteroatoms. The van der Waals surface area contributed by atoms with Crippen molar-refractivity contribution in [3.05, 3.63) is 63.1 Å². The van der Waals surface area contributed by atoms with Gasteiger partial charge in [0.05, 0.1) is 0 Å². The molecule has 3 nitrogen and oxygen atoms in total. The number of para-hydroxylation sites is 1. The molecule has 2 aliphatic heterocycles. The van der Waals surface area contributed by atoms with E-state index in [4.69, 9.17) is 23.2 Å². The summed E-state index contributed by atoms with van der Waals surface area (Å²) in [5.41, 5.74) is 4.50. The SMILES string of the molecule is CN1Cc2c(Cl)cc(Cl)cc2C(c2ccccc2N2CCCC2=O)C1. The van der Waals surface area contributed by atoms with Crippen LogP contribution in [0.25, 0.3) is 0 Å². The first kappa shape index (κ1) is 16.9. The molecular formula is C20H20Cl2N2O. The van der Waals surface area contributed by atoms with Crippen LogP contribution >= 0.6 is 23.2 Å². The van der Waals surface area contributed by atoms with Gasteiger partial charge in [0.25, 0.3) is 0 Å². The number of benzene rings is 2. The van der Waals surface area contributed by atoms with Gasteiger partial charge in [-0.2, -0.15) is 0 Å². The number of hydrogen-bond donors (Lipinski definition) is 0. The Hall–Kier alpha value is -1.55. The van der Waals surface area contributed by atoms with Gasteiger partial charge in [0, 0.05) is 47.7 Å². The average Bonchev–Trinajstić information content (AvgIpc) is 3.01. The summed E-state index contributed by atoms with van der Waals surface area (Å²) in [5, 5.41) is 1.38. The Morgan fingerprint density at radius 3 is 2.68 bits per heavy atom. The molecule has 1 atom stereocenters. The van der Waals surface area contributed by atoms with Crippen LogP contribution in [0.4, 0.5) is 5.69 Å². The van der Waals surface area contributed by atoms with Gasteiger partial charge >= 0.3 is 0 Å². The lowest BCUT2D eigenvalue weighted by molar-refractivity contribution is -0.117. The molecule has 1 saturated heterocycles. The second kappa shape index (κ2) is 6.64. The molecule has 1 amide bonds. The van der Waals surface area contributed by atoms with Gasteiger partial charge in [-0.25, -0.2) is 0 Å². The number of rotatable bonds is 2. The number of amides is 1. The molecule has 1 unspecified atom stereocenters. The first-order chi connectivity index (χ1) is 12.0. The Morgan fingerprint density at radius 1 is 1.12 bits per heavy atom. The van der Waals surface area contributed by atoms with Crippen molar-refractivity contribution < 1.29 is 4.79 Å². The third-order valence-corrected chi connectivity index (χ3v) is 5.72. The maximum atomic E-state index is 12.3.